The molecule has 1 heterocycles. The number of nitrogens with one attached hydrogen (secondary N) is 2. The lowest BCUT2D eigenvalue weighted by atomic mass is 10.0. The quantitative estimate of drug-likeness (QED) is 0.825. The van der Waals surface area contributed by atoms with E-state index in [0.717, 1.165) is 31.5 Å². The van der Waals surface area contributed by atoms with E-state index in [9.17, 15) is 9.59 Å². The Kier molecular flexibility index (Phi) is 6.60. The molecule has 5 nitrogen and oxygen atoms in total. The summed E-state index contributed by atoms with van der Waals surface area (Å²) in [5.41, 5.74) is 1.60. The molecule has 0 radical (unpaired) electrons. The number of carbonyl (C=O) groups excluding carboxylic acids is 2. The monoisotopic (exact) mass is 365 g/mol. The maximum atomic E-state index is 13.2. The normalized spacial score (nSPS) is 16.0. The first-order chi connectivity index (χ1) is 13.2. The van der Waals surface area contributed by atoms with E-state index in [-0.39, 0.29) is 11.8 Å². The van der Waals surface area contributed by atoms with Gasteiger partial charge in [-0.15, -0.1) is 0 Å². The average Bonchev–Trinajstić information content (AvgIpc) is 2.74. The molecule has 0 aliphatic carbocycles. The molecular weight excluding hydrogens is 338 g/mol. The molecule has 2 amide bonds. The van der Waals surface area contributed by atoms with Crippen LogP contribution in [-0.2, 0) is 11.2 Å². The molecule has 1 fully saturated rings. The van der Waals surface area contributed by atoms with Crippen molar-refractivity contribution in [2.24, 2.45) is 0 Å². The topological polar surface area (TPSA) is 61.4 Å². The summed E-state index contributed by atoms with van der Waals surface area (Å²) in [5.74, 6) is -0.215. The number of piperidine rings is 1. The van der Waals surface area contributed by atoms with Gasteiger partial charge in [-0.05, 0) is 37.6 Å². The Balaban J connectivity index is 1.73. The zero-order valence-electron chi connectivity index (χ0n) is 15.7. The summed E-state index contributed by atoms with van der Waals surface area (Å²) in [5, 5.41) is 6.24. The molecule has 27 heavy (non-hydrogen) atoms. The maximum Gasteiger partial charge on any atom is 0.251 e. The second-order valence-corrected chi connectivity index (χ2v) is 6.97. The van der Waals surface area contributed by atoms with Crippen molar-refractivity contribution in [2.75, 3.05) is 20.1 Å². The Hall–Kier alpha value is -2.66. The fourth-order valence-corrected chi connectivity index (χ4v) is 3.49. The summed E-state index contributed by atoms with van der Waals surface area (Å²) in [4.78, 5) is 27.7. The first-order valence-electron chi connectivity index (χ1n) is 9.53. The molecule has 1 aliphatic rings. The minimum Gasteiger partial charge on any atom is -0.341 e. The van der Waals surface area contributed by atoms with Crippen LogP contribution >= 0.6 is 0 Å². The molecule has 142 valence electrons. The molecule has 0 bridgehead atoms. The third-order valence-corrected chi connectivity index (χ3v) is 5.14. The number of carbonyl (C=O) groups is 2. The SMILES string of the molecule is CNC1CCN(C(=O)C(Cc2ccccc2)NC(=O)c2ccccc2)CC1. The largest absolute Gasteiger partial charge is 0.341 e. The van der Waals surface area contributed by atoms with Crippen molar-refractivity contribution in [3.8, 4) is 0 Å². The van der Waals surface area contributed by atoms with Gasteiger partial charge in [-0.1, -0.05) is 48.5 Å². The molecule has 1 unspecified atom stereocenters. The minimum atomic E-state index is -0.564. The van der Waals surface area contributed by atoms with Gasteiger partial charge in [0.1, 0.15) is 6.04 Å². The van der Waals surface area contributed by atoms with E-state index in [1.165, 1.54) is 0 Å². The van der Waals surface area contributed by atoms with Gasteiger partial charge in [-0.25, -0.2) is 0 Å². The Bertz CT molecular complexity index is 741. The molecule has 2 N–H and O–H groups in total. The van der Waals surface area contributed by atoms with Gasteiger partial charge in [0.25, 0.3) is 5.91 Å². The molecule has 2 aromatic rings. The Morgan fingerprint density at radius 3 is 2.19 bits per heavy atom. The summed E-state index contributed by atoms with van der Waals surface area (Å²) in [6, 6.07) is 18.8. The zero-order valence-corrected chi connectivity index (χ0v) is 15.7. The highest BCUT2D eigenvalue weighted by Crippen LogP contribution is 2.14. The van der Waals surface area contributed by atoms with Gasteiger partial charge < -0.3 is 15.5 Å². The molecule has 0 spiro atoms. The van der Waals surface area contributed by atoms with Gasteiger partial charge in [0.05, 0.1) is 0 Å². The van der Waals surface area contributed by atoms with Gasteiger partial charge in [0.15, 0.2) is 0 Å². The van der Waals surface area contributed by atoms with Gasteiger partial charge >= 0.3 is 0 Å². The molecule has 2 aromatic carbocycles. The molecule has 1 aliphatic heterocycles. The van der Waals surface area contributed by atoms with Crippen LogP contribution in [0, 0.1) is 0 Å². The van der Waals surface area contributed by atoms with Crippen molar-refractivity contribution in [3.63, 3.8) is 0 Å². The fraction of sp³-hybridized carbons (Fsp3) is 0.364. The molecular formula is C22H27N3O2. The Labute approximate surface area is 160 Å². The van der Waals surface area contributed by atoms with E-state index in [2.05, 4.69) is 10.6 Å². The van der Waals surface area contributed by atoms with E-state index in [4.69, 9.17) is 0 Å². The summed E-state index contributed by atoms with van der Waals surface area (Å²) < 4.78 is 0. The van der Waals surface area contributed by atoms with E-state index in [1.807, 2.05) is 60.5 Å². The first-order valence-corrected chi connectivity index (χ1v) is 9.53. The van der Waals surface area contributed by atoms with Crippen molar-refractivity contribution in [1.29, 1.82) is 0 Å². The van der Waals surface area contributed by atoms with Gasteiger partial charge in [0.2, 0.25) is 5.91 Å². The van der Waals surface area contributed by atoms with Crippen LogP contribution in [0.1, 0.15) is 28.8 Å². The van der Waals surface area contributed by atoms with Crippen molar-refractivity contribution in [3.05, 3.63) is 71.8 Å². The number of likely N-dealkylation sites (tertiary alicyclic amines) is 1. The number of hydrogen-bond donors (Lipinski definition) is 2. The van der Waals surface area contributed by atoms with E-state index < -0.39 is 6.04 Å². The number of hydrogen-bond acceptors (Lipinski definition) is 3. The summed E-state index contributed by atoms with van der Waals surface area (Å²) in [6.07, 6.45) is 2.37. The maximum absolute atomic E-state index is 13.2. The van der Waals surface area contributed by atoms with E-state index in [0.29, 0.717) is 18.0 Å². The van der Waals surface area contributed by atoms with Crippen molar-refractivity contribution in [1.82, 2.24) is 15.5 Å². The number of nitrogens with zero attached hydrogens (tertiary/aromatic N) is 1. The zero-order chi connectivity index (χ0) is 19.1. The third kappa shape index (κ3) is 5.17. The van der Waals surface area contributed by atoms with Crippen LogP contribution in [0.3, 0.4) is 0 Å². The fourth-order valence-electron chi connectivity index (χ4n) is 3.49. The van der Waals surface area contributed by atoms with Gasteiger partial charge in [-0.3, -0.25) is 9.59 Å². The number of amides is 2. The molecule has 0 saturated carbocycles. The first kappa shape index (κ1) is 19.1. The standard InChI is InChI=1S/C22H27N3O2/c1-23-19-12-14-25(15-13-19)22(27)20(16-17-8-4-2-5-9-17)24-21(26)18-10-6-3-7-11-18/h2-11,19-20,23H,12-16H2,1H3,(H,24,26). The number of rotatable bonds is 6. The molecule has 5 heteroatoms. The van der Waals surface area contributed by atoms with Crippen LogP contribution in [0.5, 0.6) is 0 Å². The average molecular weight is 365 g/mol. The van der Waals surface area contributed by atoms with Crippen LogP contribution in [0.15, 0.2) is 60.7 Å². The highest BCUT2D eigenvalue weighted by molar-refractivity contribution is 5.97. The highest BCUT2D eigenvalue weighted by Gasteiger charge is 2.29. The number of benzene rings is 2. The lowest BCUT2D eigenvalue weighted by molar-refractivity contribution is -0.134. The second kappa shape index (κ2) is 9.33. The Morgan fingerprint density at radius 1 is 1.00 bits per heavy atom. The van der Waals surface area contributed by atoms with Crippen molar-refractivity contribution >= 4 is 11.8 Å². The lowest BCUT2D eigenvalue weighted by Gasteiger charge is -2.34. The van der Waals surface area contributed by atoms with Crippen molar-refractivity contribution < 1.29 is 9.59 Å². The van der Waals surface area contributed by atoms with Gasteiger partial charge in [0, 0.05) is 31.1 Å². The highest BCUT2D eigenvalue weighted by atomic mass is 16.2. The van der Waals surface area contributed by atoms with E-state index >= 15 is 0 Å². The molecule has 0 aromatic heterocycles. The van der Waals surface area contributed by atoms with Crippen LogP contribution in [0.25, 0.3) is 0 Å². The van der Waals surface area contributed by atoms with Gasteiger partial charge in [-0.2, -0.15) is 0 Å². The summed E-state index contributed by atoms with van der Waals surface area (Å²) in [7, 11) is 1.96. The van der Waals surface area contributed by atoms with E-state index in [1.54, 1.807) is 12.1 Å². The minimum absolute atomic E-state index is 0.00214. The Morgan fingerprint density at radius 2 is 1.59 bits per heavy atom. The summed E-state index contributed by atoms with van der Waals surface area (Å²) in [6.45, 7) is 1.44. The predicted octanol–water partition coefficient (Wildman–Crippen LogP) is 2.24. The summed E-state index contributed by atoms with van der Waals surface area (Å²) >= 11 is 0. The van der Waals surface area contributed by atoms with Crippen LogP contribution in [-0.4, -0.2) is 48.9 Å². The van der Waals surface area contributed by atoms with Crippen LogP contribution in [0.2, 0.25) is 0 Å². The molecule has 1 atom stereocenters. The smallest absolute Gasteiger partial charge is 0.251 e. The predicted molar refractivity (Wildman–Crippen MR) is 107 cm³/mol. The van der Waals surface area contributed by atoms with Crippen LogP contribution in [0.4, 0.5) is 0 Å². The third-order valence-electron chi connectivity index (χ3n) is 5.14. The lowest BCUT2D eigenvalue weighted by Crippen LogP contribution is -2.53. The van der Waals surface area contributed by atoms with Crippen molar-refractivity contribution in [2.45, 2.75) is 31.3 Å². The molecule has 1 saturated heterocycles. The molecule has 3 rings (SSSR count). The second-order valence-electron chi connectivity index (χ2n) is 6.97. The van der Waals surface area contributed by atoms with Crippen LogP contribution < -0.4 is 10.6 Å².